The fourth-order valence-corrected chi connectivity index (χ4v) is 4.88. The van der Waals surface area contributed by atoms with Crippen LogP contribution in [0.25, 0.3) is 0 Å². The van der Waals surface area contributed by atoms with Gasteiger partial charge in [0.25, 0.3) is 0 Å². The molecule has 3 aliphatic rings. The van der Waals surface area contributed by atoms with Gasteiger partial charge >= 0.3 is 0 Å². The second-order valence-electron chi connectivity index (χ2n) is 8.00. The number of rotatable bonds is 3. The zero-order valence-electron chi connectivity index (χ0n) is 14.3. The molecule has 4 heteroatoms. The quantitative estimate of drug-likeness (QED) is 0.925. The summed E-state index contributed by atoms with van der Waals surface area (Å²) in [5.74, 6) is 2.75. The highest BCUT2D eigenvalue weighted by atomic mass is 16.2. The number of nitrogens with zero attached hydrogens (tertiary/aromatic N) is 2. The van der Waals surface area contributed by atoms with Crippen molar-refractivity contribution >= 4 is 5.91 Å². The molecule has 2 saturated carbocycles. The van der Waals surface area contributed by atoms with Crippen LogP contribution in [-0.4, -0.2) is 34.1 Å². The number of likely N-dealkylation sites (tertiary alicyclic amines) is 1. The van der Waals surface area contributed by atoms with E-state index in [0.29, 0.717) is 23.7 Å². The Kier molecular flexibility index (Phi) is 4.16. The number of H-pyrrole nitrogens is 1. The van der Waals surface area contributed by atoms with Gasteiger partial charge in [-0.2, -0.15) is 5.10 Å². The number of carbonyl (C=O) groups excluding carboxylic acids is 1. The van der Waals surface area contributed by atoms with Crippen LogP contribution in [0.2, 0.25) is 0 Å². The summed E-state index contributed by atoms with van der Waals surface area (Å²) in [5, 5.41) is 7.46. The van der Waals surface area contributed by atoms with E-state index in [4.69, 9.17) is 0 Å². The van der Waals surface area contributed by atoms with Gasteiger partial charge in [0, 0.05) is 30.6 Å². The van der Waals surface area contributed by atoms with Crippen molar-refractivity contribution in [2.24, 2.45) is 17.8 Å². The molecule has 126 valence electrons. The molecule has 1 aromatic rings. The SMILES string of the molecule is Cc1cc([C@@H]2CCCN(C(=O)[C@@H]3C[C@@H]3C3CCCCC3)C2)n[nH]1. The minimum Gasteiger partial charge on any atom is -0.342 e. The summed E-state index contributed by atoms with van der Waals surface area (Å²) in [4.78, 5) is 15.0. The van der Waals surface area contributed by atoms with Crippen molar-refractivity contribution in [3.8, 4) is 0 Å². The van der Waals surface area contributed by atoms with Crippen LogP contribution >= 0.6 is 0 Å². The van der Waals surface area contributed by atoms with E-state index in [1.54, 1.807) is 0 Å². The minimum absolute atomic E-state index is 0.345. The summed E-state index contributed by atoms with van der Waals surface area (Å²) in [6.45, 7) is 3.87. The summed E-state index contributed by atoms with van der Waals surface area (Å²) >= 11 is 0. The molecule has 1 saturated heterocycles. The summed E-state index contributed by atoms with van der Waals surface area (Å²) < 4.78 is 0. The van der Waals surface area contributed by atoms with Gasteiger partial charge in [-0.05, 0) is 44.1 Å². The van der Waals surface area contributed by atoms with E-state index in [9.17, 15) is 4.79 Å². The first kappa shape index (κ1) is 15.2. The van der Waals surface area contributed by atoms with Gasteiger partial charge in [-0.15, -0.1) is 0 Å². The number of piperidine rings is 1. The Morgan fingerprint density at radius 1 is 1.22 bits per heavy atom. The molecule has 3 atom stereocenters. The first-order chi connectivity index (χ1) is 11.2. The molecule has 0 bridgehead atoms. The van der Waals surface area contributed by atoms with Gasteiger partial charge in [0.2, 0.25) is 5.91 Å². The van der Waals surface area contributed by atoms with Gasteiger partial charge < -0.3 is 4.90 Å². The normalized spacial score (nSPS) is 32.0. The average Bonchev–Trinajstić information content (AvgIpc) is 3.29. The van der Waals surface area contributed by atoms with Gasteiger partial charge in [-0.3, -0.25) is 9.89 Å². The van der Waals surface area contributed by atoms with Gasteiger partial charge in [0.05, 0.1) is 5.69 Å². The van der Waals surface area contributed by atoms with Crippen molar-refractivity contribution in [3.05, 3.63) is 17.5 Å². The zero-order chi connectivity index (χ0) is 15.8. The second-order valence-corrected chi connectivity index (χ2v) is 8.00. The van der Waals surface area contributed by atoms with E-state index < -0.39 is 0 Å². The molecule has 0 radical (unpaired) electrons. The summed E-state index contributed by atoms with van der Waals surface area (Å²) in [6, 6.07) is 2.14. The lowest BCUT2D eigenvalue weighted by Gasteiger charge is -2.32. The Morgan fingerprint density at radius 3 is 2.78 bits per heavy atom. The predicted molar refractivity (Wildman–Crippen MR) is 90.1 cm³/mol. The molecule has 2 heterocycles. The highest BCUT2D eigenvalue weighted by Gasteiger charge is 2.49. The molecular weight excluding hydrogens is 286 g/mol. The van der Waals surface area contributed by atoms with Crippen LogP contribution in [0.5, 0.6) is 0 Å². The van der Waals surface area contributed by atoms with Gasteiger partial charge in [0.1, 0.15) is 0 Å². The molecule has 23 heavy (non-hydrogen) atoms. The van der Waals surface area contributed by atoms with E-state index in [1.807, 2.05) is 6.92 Å². The van der Waals surface area contributed by atoms with Crippen LogP contribution in [0.15, 0.2) is 6.07 Å². The molecule has 4 rings (SSSR count). The highest BCUT2D eigenvalue weighted by molar-refractivity contribution is 5.82. The number of nitrogens with one attached hydrogen (secondary N) is 1. The van der Waals surface area contributed by atoms with Gasteiger partial charge in [0.15, 0.2) is 0 Å². The Hall–Kier alpha value is -1.32. The number of amides is 1. The molecule has 1 aliphatic heterocycles. The van der Waals surface area contributed by atoms with Crippen LogP contribution < -0.4 is 0 Å². The third-order valence-electron chi connectivity index (χ3n) is 6.29. The molecule has 1 N–H and O–H groups in total. The van der Waals surface area contributed by atoms with Crippen LogP contribution in [0.4, 0.5) is 0 Å². The van der Waals surface area contributed by atoms with Crippen LogP contribution in [0.3, 0.4) is 0 Å². The molecule has 2 aliphatic carbocycles. The second kappa shape index (κ2) is 6.29. The fraction of sp³-hybridized carbons (Fsp3) is 0.789. The topological polar surface area (TPSA) is 49.0 Å². The predicted octanol–water partition coefficient (Wildman–Crippen LogP) is 3.64. The Morgan fingerprint density at radius 2 is 2.04 bits per heavy atom. The third kappa shape index (κ3) is 3.17. The molecule has 1 amide bonds. The highest BCUT2D eigenvalue weighted by Crippen LogP contribution is 2.50. The summed E-state index contributed by atoms with van der Waals surface area (Å²) in [5.41, 5.74) is 2.25. The number of aromatic amines is 1. The first-order valence-electron chi connectivity index (χ1n) is 9.53. The van der Waals surface area contributed by atoms with Crippen molar-refractivity contribution in [1.29, 1.82) is 0 Å². The molecule has 0 aromatic carbocycles. The Balaban J connectivity index is 1.35. The lowest BCUT2D eigenvalue weighted by Crippen LogP contribution is -2.40. The first-order valence-corrected chi connectivity index (χ1v) is 9.53. The summed E-state index contributed by atoms with van der Waals surface area (Å²) in [7, 11) is 0. The molecule has 3 fully saturated rings. The van der Waals surface area contributed by atoms with Gasteiger partial charge in [-0.25, -0.2) is 0 Å². The fourth-order valence-electron chi connectivity index (χ4n) is 4.88. The average molecular weight is 315 g/mol. The maximum atomic E-state index is 12.9. The Labute approximate surface area is 139 Å². The zero-order valence-corrected chi connectivity index (χ0v) is 14.3. The summed E-state index contributed by atoms with van der Waals surface area (Å²) in [6.07, 6.45) is 10.3. The number of hydrogen-bond donors (Lipinski definition) is 1. The number of hydrogen-bond acceptors (Lipinski definition) is 2. The van der Waals surface area contributed by atoms with Crippen LogP contribution in [0, 0.1) is 24.7 Å². The van der Waals surface area contributed by atoms with Crippen molar-refractivity contribution in [1.82, 2.24) is 15.1 Å². The largest absolute Gasteiger partial charge is 0.342 e. The van der Waals surface area contributed by atoms with Crippen molar-refractivity contribution in [2.75, 3.05) is 13.1 Å². The van der Waals surface area contributed by atoms with E-state index in [0.717, 1.165) is 49.7 Å². The third-order valence-corrected chi connectivity index (χ3v) is 6.29. The maximum Gasteiger partial charge on any atom is 0.226 e. The lowest BCUT2D eigenvalue weighted by atomic mass is 9.85. The molecule has 4 nitrogen and oxygen atoms in total. The van der Waals surface area contributed by atoms with E-state index in [1.165, 1.54) is 32.1 Å². The van der Waals surface area contributed by atoms with E-state index in [-0.39, 0.29) is 0 Å². The van der Waals surface area contributed by atoms with Crippen molar-refractivity contribution in [2.45, 2.75) is 64.2 Å². The van der Waals surface area contributed by atoms with E-state index >= 15 is 0 Å². The molecule has 0 unspecified atom stereocenters. The van der Waals surface area contributed by atoms with Crippen LogP contribution in [-0.2, 0) is 4.79 Å². The monoisotopic (exact) mass is 315 g/mol. The molecule has 1 aromatic heterocycles. The van der Waals surface area contributed by atoms with Crippen molar-refractivity contribution < 1.29 is 4.79 Å². The molecular formula is C19H29N3O. The number of carbonyl (C=O) groups is 1. The van der Waals surface area contributed by atoms with Crippen LogP contribution in [0.1, 0.15) is 68.7 Å². The number of aromatic nitrogens is 2. The standard InChI is InChI=1S/C19H29N3O/c1-13-10-18(21-20-13)15-8-5-9-22(12-15)19(23)17-11-16(17)14-6-3-2-4-7-14/h10,14-17H,2-9,11-12H2,1H3,(H,20,21)/t15-,16-,17-/m1/s1. The number of aryl methyl sites for hydroxylation is 1. The molecule has 0 spiro atoms. The minimum atomic E-state index is 0.345. The maximum absolute atomic E-state index is 12.9. The smallest absolute Gasteiger partial charge is 0.226 e. The lowest BCUT2D eigenvalue weighted by molar-refractivity contribution is -0.134. The Bertz CT molecular complexity index is 561. The van der Waals surface area contributed by atoms with E-state index in [2.05, 4.69) is 21.2 Å². The van der Waals surface area contributed by atoms with Crippen molar-refractivity contribution in [3.63, 3.8) is 0 Å². The van der Waals surface area contributed by atoms with Gasteiger partial charge in [-0.1, -0.05) is 32.1 Å².